The van der Waals surface area contributed by atoms with Crippen LogP contribution in [0.5, 0.6) is 0 Å². The third-order valence-electron chi connectivity index (χ3n) is 2.19. The van der Waals surface area contributed by atoms with Crippen LogP contribution in [0.1, 0.15) is 19.8 Å². The summed E-state index contributed by atoms with van der Waals surface area (Å²) < 4.78 is 6.75. The van der Waals surface area contributed by atoms with Crippen LogP contribution in [-0.2, 0) is 11.8 Å². The summed E-state index contributed by atoms with van der Waals surface area (Å²) in [5, 5.41) is 17.6. The van der Waals surface area contributed by atoms with Crippen molar-refractivity contribution in [3.8, 4) is 0 Å². The number of nitrogens with zero attached hydrogens (tertiary/aromatic N) is 3. The molecule has 0 bridgehead atoms. The highest BCUT2D eigenvalue weighted by Gasteiger charge is 2.17. The first-order chi connectivity index (χ1) is 8.15. The van der Waals surface area contributed by atoms with Crippen LogP contribution in [0.4, 0.5) is 11.5 Å². The zero-order chi connectivity index (χ0) is 12.7. The molecule has 7 heteroatoms. The molecule has 0 saturated carbocycles. The van der Waals surface area contributed by atoms with E-state index < -0.39 is 4.92 Å². The van der Waals surface area contributed by atoms with Crippen molar-refractivity contribution in [2.45, 2.75) is 19.8 Å². The van der Waals surface area contributed by atoms with Gasteiger partial charge in [-0.05, 0) is 6.42 Å². The summed E-state index contributed by atoms with van der Waals surface area (Å²) >= 11 is 0. The Balaban J connectivity index is 2.33. The van der Waals surface area contributed by atoms with Gasteiger partial charge >= 0.3 is 5.69 Å². The monoisotopic (exact) mass is 242 g/mol. The molecule has 0 atom stereocenters. The van der Waals surface area contributed by atoms with Gasteiger partial charge < -0.3 is 10.1 Å². The lowest BCUT2D eigenvalue weighted by atomic mass is 10.4. The van der Waals surface area contributed by atoms with Crippen LogP contribution < -0.4 is 5.32 Å². The molecule has 0 aliphatic carbocycles. The molecular formula is C10H18N4O3. The van der Waals surface area contributed by atoms with Crippen LogP contribution in [0.3, 0.4) is 0 Å². The molecule has 0 spiro atoms. The standard InChI is InChI=1S/C10H18N4O3/c1-3-4-6-17-7-5-11-10-9(14(15)16)8-13(2)12-10/h8H,3-7H2,1-2H3,(H,11,12). The minimum absolute atomic E-state index is 0.0129. The van der Waals surface area contributed by atoms with Gasteiger partial charge in [-0.3, -0.25) is 14.8 Å². The number of rotatable bonds is 8. The van der Waals surface area contributed by atoms with Crippen molar-refractivity contribution < 1.29 is 9.66 Å². The van der Waals surface area contributed by atoms with Crippen molar-refractivity contribution in [2.24, 2.45) is 7.05 Å². The van der Waals surface area contributed by atoms with E-state index in [1.807, 2.05) is 0 Å². The van der Waals surface area contributed by atoms with Crippen molar-refractivity contribution in [3.05, 3.63) is 16.3 Å². The third-order valence-corrected chi connectivity index (χ3v) is 2.19. The highest BCUT2D eigenvalue weighted by molar-refractivity contribution is 5.54. The first kappa shape index (κ1) is 13.4. The summed E-state index contributed by atoms with van der Waals surface area (Å²) in [7, 11) is 1.65. The molecular weight excluding hydrogens is 224 g/mol. The van der Waals surface area contributed by atoms with Gasteiger partial charge in [-0.25, -0.2) is 0 Å². The number of hydrogen-bond donors (Lipinski definition) is 1. The van der Waals surface area contributed by atoms with Crippen LogP contribution in [0, 0.1) is 10.1 Å². The average molecular weight is 242 g/mol. The number of anilines is 1. The van der Waals surface area contributed by atoms with Crippen LogP contribution in [-0.4, -0.2) is 34.5 Å². The Labute approximate surface area is 99.9 Å². The second-order valence-electron chi connectivity index (χ2n) is 3.69. The lowest BCUT2D eigenvalue weighted by Crippen LogP contribution is -2.11. The van der Waals surface area contributed by atoms with Crippen LogP contribution >= 0.6 is 0 Å². The van der Waals surface area contributed by atoms with E-state index in [2.05, 4.69) is 17.3 Å². The van der Waals surface area contributed by atoms with E-state index in [0.29, 0.717) is 13.2 Å². The van der Waals surface area contributed by atoms with Crippen LogP contribution in [0.2, 0.25) is 0 Å². The van der Waals surface area contributed by atoms with Crippen molar-refractivity contribution in [3.63, 3.8) is 0 Å². The SMILES string of the molecule is CCCCOCCNc1nn(C)cc1[N+](=O)[O-]. The Bertz CT molecular complexity index is 364. The van der Waals surface area contributed by atoms with Gasteiger partial charge in [-0.15, -0.1) is 5.10 Å². The number of aryl methyl sites for hydroxylation is 1. The van der Waals surface area contributed by atoms with Crippen molar-refractivity contribution in [1.29, 1.82) is 0 Å². The fraction of sp³-hybridized carbons (Fsp3) is 0.700. The summed E-state index contributed by atoms with van der Waals surface area (Å²) in [5.74, 6) is 0.289. The number of nitrogens with one attached hydrogen (secondary N) is 1. The summed E-state index contributed by atoms with van der Waals surface area (Å²) in [6.45, 7) is 3.86. The molecule has 0 saturated heterocycles. The van der Waals surface area contributed by atoms with E-state index in [-0.39, 0.29) is 11.5 Å². The molecule has 1 aromatic heterocycles. The zero-order valence-electron chi connectivity index (χ0n) is 10.2. The predicted molar refractivity (Wildman–Crippen MR) is 64.1 cm³/mol. The molecule has 0 aromatic carbocycles. The molecule has 17 heavy (non-hydrogen) atoms. The first-order valence-electron chi connectivity index (χ1n) is 5.64. The summed E-state index contributed by atoms with van der Waals surface area (Å²) in [6.07, 6.45) is 3.50. The summed E-state index contributed by atoms with van der Waals surface area (Å²) in [4.78, 5) is 10.2. The Morgan fingerprint density at radius 1 is 1.59 bits per heavy atom. The lowest BCUT2D eigenvalue weighted by molar-refractivity contribution is -0.384. The zero-order valence-corrected chi connectivity index (χ0v) is 10.2. The minimum atomic E-state index is -0.451. The van der Waals surface area contributed by atoms with Gasteiger partial charge in [0.05, 0.1) is 11.5 Å². The highest BCUT2D eigenvalue weighted by Crippen LogP contribution is 2.20. The van der Waals surface area contributed by atoms with Crippen LogP contribution in [0.15, 0.2) is 6.20 Å². The smallest absolute Gasteiger partial charge is 0.330 e. The van der Waals surface area contributed by atoms with Gasteiger partial charge in [0.15, 0.2) is 0 Å². The number of hydrogen-bond acceptors (Lipinski definition) is 5. The fourth-order valence-electron chi connectivity index (χ4n) is 1.33. The molecule has 1 rings (SSSR count). The van der Waals surface area contributed by atoms with Gasteiger partial charge in [0.1, 0.15) is 6.20 Å². The number of nitro groups is 1. The quantitative estimate of drug-likeness (QED) is 0.425. The molecule has 0 aliphatic heterocycles. The molecule has 1 heterocycles. The lowest BCUT2D eigenvalue weighted by Gasteiger charge is -2.04. The molecule has 0 amide bonds. The maximum absolute atomic E-state index is 10.7. The summed E-state index contributed by atoms with van der Waals surface area (Å²) in [5.41, 5.74) is -0.0129. The topological polar surface area (TPSA) is 82.2 Å². The van der Waals surface area contributed by atoms with Gasteiger partial charge in [-0.2, -0.15) is 0 Å². The predicted octanol–water partition coefficient (Wildman–Crippen LogP) is 1.56. The van der Waals surface area contributed by atoms with Gasteiger partial charge in [0, 0.05) is 20.2 Å². The molecule has 0 unspecified atom stereocenters. The van der Waals surface area contributed by atoms with Gasteiger partial charge in [0.2, 0.25) is 5.82 Å². The van der Waals surface area contributed by atoms with E-state index in [1.165, 1.54) is 10.9 Å². The maximum Gasteiger partial charge on any atom is 0.330 e. The molecule has 0 aliphatic rings. The minimum Gasteiger partial charge on any atom is -0.380 e. The molecule has 0 fully saturated rings. The number of aromatic nitrogens is 2. The second-order valence-corrected chi connectivity index (χ2v) is 3.69. The third kappa shape index (κ3) is 4.39. The maximum atomic E-state index is 10.7. The van der Waals surface area contributed by atoms with Gasteiger partial charge in [-0.1, -0.05) is 13.3 Å². The van der Waals surface area contributed by atoms with E-state index in [0.717, 1.165) is 19.4 Å². The molecule has 96 valence electrons. The molecule has 0 radical (unpaired) electrons. The Morgan fingerprint density at radius 2 is 2.35 bits per heavy atom. The van der Waals surface area contributed by atoms with Crippen LogP contribution in [0.25, 0.3) is 0 Å². The van der Waals surface area contributed by atoms with Crippen molar-refractivity contribution in [2.75, 3.05) is 25.1 Å². The Kier molecular flexibility index (Phi) is 5.41. The number of unbranched alkanes of at least 4 members (excludes halogenated alkanes) is 1. The van der Waals surface area contributed by atoms with Gasteiger partial charge in [0.25, 0.3) is 0 Å². The summed E-state index contributed by atoms with van der Waals surface area (Å²) in [6, 6.07) is 0. The van der Waals surface area contributed by atoms with E-state index >= 15 is 0 Å². The Morgan fingerprint density at radius 3 is 3.00 bits per heavy atom. The average Bonchev–Trinajstić information content (AvgIpc) is 2.65. The van der Waals surface area contributed by atoms with E-state index in [4.69, 9.17) is 4.74 Å². The van der Waals surface area contributed by atoms with E-state index in [1.54, 1.807) is 7.05 Å². The molecule has 1 aromatic rings. The van der Waals surface area contributed by atoms with Crippen molar-refractivity contribution in [1.82, 2.24) is 9.78 Å². The van der Waals surface area contributed by atoms with E-state index in [9.17, 15) is 10.1 Å². The highest BCUT2D eigenvalue weighted by atomic mass is 16.6. The second kappa shape index (κ2) is 6.85. The first-order valence-corrected chi connectivity index (χ1v) is 5.64. The Hall–Kier alpha value is -1.63. The number of ether oxygens (including phenoxy) is 1. The van der Waals surface area contributed by atoms with Crippen molar-refractivity contribution >= 4 is 11.5 Å². The molecule has 1 N–H and O–H groups in total. The fourth-order valence-corrected chi connectivity index (χ4v) is 1.33. The normalized spacial score (nSPS) is 10.5. The largest absolute Gasteiger partial charge is 0.380 e. The molecule has 7 nitrogen and oxygen atoms in total.